The number of aliphatic hydroxyl groups excluding tert-OH is 1. The van der Waals surface area contributed by atoms with E-state index < -0.39 is 18.5 Å². The molecule has 3 heterocycles. The molecule has 2 saturated carbocycles. The van der Waals surface area contributed by atoms with Crippen LogP contribution in [0.15, 0.2) is 0 Å². The first-order valence-corrected chi connectivity index (χ1v) is 9.96. The number of fused-ring (bicyclic) bond motifs is 1. The van der Waals surface area contributed by atoms with Gasteiger partial charge in [-0.2, -0.15) is 4.98 Å². The van der Waals surface area contributed by atoms with Gasteiger partial charge in [-0.1, -0.05) is 0 Å². The number of alkyl halides is 2. The van der Waals surface area contributed by atoms with Gasteiger partial charge in [0.05, 0.1) is 12.1 Å². The molecule has 5 rings (SSSR count). The van der Waals surface area contributed by atoms with Crippen molar-refractivity contribution >= 4 is 17.7 Å². The number of carboxylic acids is 1. The van der Waals surface area contributed by atoms with E-state index >= 15 is 0 Å². The fourth-order valence-electron chi connectivity index (χ4n) is 4.94. The summed E-state index contributed by atoms with van der Waals surface area (Å²) in [6.45, 7) is 3.51. The lowest BCUT2D eigenvalue weighted by Crippen LogP contribution is -2.59. The Hall–Kier alpha value is -2.03. The van der Waals surface area contributed by atoms with Crippen LogP contribution in [0, 0.1) is 17.8 Å². The number of β-amino-alcohol motifs (C(OH)–C–C–N with tert-alkyl or cyclic N) is 1. The Kier molecular flexibility index (Phi) is 4.01. The minimum Gasteiger partial charge on any atom is -0.481 e. The van der Waals surface area contributed by atoms with Gasteiger partial charge in [0.2, 0.25) is 5.95 Å². The van der Waals surface area contributed by atoms with Crippen LogP contribution in [0.5, 0.6) is 0 Å². The summed E-state index contributed by atoms with van der Waals surface area (Å²) in [4.78, 5) is 23.7. The lowest BCUT2D eigenvalue weighted by molar-refractivity contribution is -0.137. The lowest BCUT2D eigenvalue weighted by atomic mass is 10.0. The molecule has 152 valence electrons. The number of piperidine rings is 1. The molecule has 0 amide bonds. The first kappa shape index (κ1) is 18.0. The number of hydrogen-bond donors (Lipinski definition) is 2. The second kappa shape index (κ2) is 6.23. The van der Waals surface area contributed by atoms with E-state index in [4.69, 9.17) is 5.11 Å². The zero-order chi connectivity index (χ0) is 19.7. The van der Waals surface area contributed by atoms with Gasteiger partial charge in [0.15, 0.2) is 0 Å². The van der Waals surface area contributed by atoms with Crippen molar-refractivity contribution in [3.8, 4) is 0 Å². The largest absolute Gasteiger partial charge is 0.481 e. The zero-order valence-corrected chi connectivity index (χ0v) is 15.6. The third kappa shape index (κ3) is 2.82. The van der Waals surface area contributed by atoms with E-state index in [0.717, 1.165) is 12.8 Å². The topological polar surface area (TPSA) is 89.8 Å². The number of anilines is 2. The number of aromatic nitrogens is 2. The summed E-state index contributed by atoms with van der Waals surface area (Å²) in [6, 6.07) is -0.197. The highest BCUT2D eigenvalue weighted by molar-refractivity contribution is 5.68. The number of aliphatic hydroxyl groups is 1. The van der Waals surface area contributed by atoms with Crippen LogP contribution in [0.4, 0.5) is 20.5 Å². The summed E-state index contributed by atoms with van der Waals surface area (Å²) in [7, 11) is 0. The number of aliphatic carboxylic acids is 1. The summed E-state index contributed by atoms with van der Waals surface area (Å²) in [5.74, 6) is 0.966. The Morgan fingerprint density at radius 1 is 1.21 bits per heavy atom. The van der Waals surface area contributed by atoms with E-state index in [1.807, 2.05) is 6.92 Å². The molecule has 1 unspecified atom stereocenters. The third-order valence-electron chi connectivity index (χ3n) is 6.91. The summed E-state index contributed by atoms with van der Waals surface area (Å²) in [6.07, 6.45) is -1.25. The quantitative estimate of drug-likeness (QED) is 0.763. The van der Waals surface area contributed by atoms with Crippen molar-refractivity contribution in [2.45, 2.75) is 50.7 Å². The highest BCUT2D eigenvalue weighted by Crippen LogP contribution is 2.56. The lowest BCUT2D eigenvalue weighted by Gasteiger charge is -2.43. The molecule has 4 fully saturated rings. The first-order chi connectivity index (χ1) is 13.3. The highest BCUT2D eigenvalue weighted by atomic mass is 19.3. The van der Waals surface area contributed by atoms with E-state index in [1.165, 1.54) is 0 Å². The normalized spacial score (nSPS) is 33.8. The Labute approximate surface area is 161 Å². The molecule has 2 aliphatic carbocycles. The predicted octanol–water partition coefficient (Wildman–Crippen LogP) is 2.02. The number of hydrogen-bond acceptors (Lipinski definition) is 6. The Balaban J connectivity index is 1.46. The van der Waals surface area contributed by atoms with Crippen LogP contribution in [0.25, 0.3) is 0 Å². The SMILES string of the molecule is C[C@H]1[C@H](O)CN1c1nc(C(F)F)c(C2CC2)c(N2C[C@@H]3C(CC(=O)O)[C@@H]3C2)n1. The van der Waals surface area contributed by atoms with Gasteiger partial charge in [-0.15, -0.1) is 0 Å². The minimum atomic E-state index is -2.67. The van der Waals surface area contributed by atoms with Crippen molar-refractivity contribution in [3.63, 3.8) is 0 Å². The van der Waals surface area contributed by atoms with Crippen molar-refractivity contribution in [1.82, 2.24) is 9.97 Å². The van der Waals surface area contributed by atoms with Crippen molar-refractivity contribution in [3.05, 3.63) is 11.3 Å². The van der Waals surface area contributed by atoms with Gasteiger partial charge >= 0.3 is 5.97 Å². The van der Waals surface area contributed by atoms with Gasteiger partial charge in [0.25, 0.3) is 6.43 Å². The molecule has 0 bridgehead atoms. The minimum absolute atomic E-state index is 0.0826. The van der Waals surface area contributed by atoms with Crippen LogP contribution in [-0.2, 0) is 4.79 Å². The second-order valence-electron chi connectivity index (χ2n) is 8.68. The highest BCUT2D eigenvalue weighted by Gasteiger charge is 2.57. The number of nitrogens with zero attached hydrogens (tertiary/aromatic N) is 4. The van der Waals surface area contributed by atoms with Gasteiger partial charge in [0, 0.05) is 31.6 Å². The summed E-state index contributed by atoms with van der Waals surface area (Å²) < 4.78 is 27.7. The van der Waals surface area contributed by atoms with Gasteiger partial charge < -0.3 is 20.0 Å². The molecular weight excluding hydrogens is 370 g/mol. The average Bonchev–Trinajstić information content (AvgIpc) is 3.55. The smallest absolute Gasteiger partial charge is 0.303 e. The summed E-state index contributed by atoms with van der Waals surface area (Å²) in [5, 5.41) is 18.8. The number of carbonyl (C=O) groups is 1. The Bertz CT molecular complexity index is 807. The second-order valence-corrected chi connectivity index (χ2v) is 8.68. The summed E-state index contributed by atoms with van der Waals surface area (Å²) >= 11 is 0. The van der Waals surface area contributed by atoms with E-state index in [9.17, 15) is 18.7 Å². The molecule has 5 atom stereocenters. The molecule has 0 radical (unpaired) electrons. The Morgan fingerprint density at radius 2 is 1.89 bits per heavy atom. The standard InChI is InChI=1S/C19H24F2N4O3/c1-8-13(26)7-25(8)19-22-16(17(20)21)15(9-2-3-9)18(23-19)24-5-11-10(4-14(27)28)12(11)6-24/h8-13,17,26H,2-7H2,1H3,(H,27,28)/t8-,10?,11-,12+,13+/m0/s1. The number of carboxylic acid groups (broad SMARTS) is 1. The van der Waals surface area contributed by atoms with Crippen LogP contribution < -0.4 is 9.80 Å². The fourth-order valence-corrected chi connectivity index (χ4v) is 4.94. The van der Waals surface area contributed by atoms with Crippen LogP contribution in [0.3, 0.4) is 0 Å². The average molecular weight is 394 g/mol. The Morgan fingerprint density at radius 3 is 2.39 bits per heavy atom. The number of rotatable bonds is 6. The molecule has 28 heavy (non-hydrogen) atoms. The molecule has 2 N–H and O–H groups in total. The van der Waals surface area contributed by atoms with Gasteiger partial charge in [-0.05, 0) is 43.4 Å². The number of halogens is 2. The summed E-state index contributed by atoms with van der Waals surface area (Å²) in [5.41, 5.74) is 0.391. The van der Waals surface area contributed by atoms with Crippen LogP contribution in [0.1, 0.15) is 49.8 Å². The van der Waals surface area contributed by atoms with Crippen LogP contribution in [-0.4, -0.2) is 57.9 Å². The van der Waals surface area contributed by atoms with Gasteiger partial charge in [-0.3, -0.25) is 4.79 Å². The maximum atomic E-state index is 13.9. The van der Waals surface area contributed by atoms with Gasteiger partial charge in [-0.25, -0.2) is 13.8 Å². The van der Waals surface area contributed by atoms with E-state index in [2.05, 4.69) is 14.9 Å². The molecule has 4 aliphatic rings. The van der Waals surface area contributed by atoms with Crippen molar-refractivity contribution in [2.24, 2.45) is 17.8 Å². The van der Waals surface area contributed by atoms with E-state index in [0.29, 0.717) is 42.9 Å². The molecule has 0 spiro atoms. The predicted molar refractivity (Wildman–Crippen MR) is 96.7 cm³/mol. The van der Waals surface area contributed by atoms with Crippen molar-refractivity contribution < 1.29 is 23.8 Å². The zero-order valence-electron chi connectivity index (χ0n) is 15.6. The molecule has 2 aliphatic heterocycles. The molecule has 2 saturated heterocycles. The van der Waals surface area contributed by atoms with Crippen molar-refractivity contribution in [2.75, 3.05) is 29.4 Å². The van der Waals surface area contributed by atoms with E-state index in [1.54, 1.807) is 4.90 Å². The monoisotopic (exact) mass is 394 g/mol. The maximum Gasteiger partial charge on any atom is 0.303 e. The van der Waals surface area contributed by atoms with Gasteiger partial charge in [0.1, 0.15) is 11.5 Å². The van der Waals surface area contributed by atoms with Crippen LogP contribution in [0.2, 0.25) is 0 Å². The molecule has 1 aromatic rings. The maximum absolute atomic E-state index is 13.9. The fraction of sp³-hybridized carbons (Fsp3) is 0.737. The van der Waals surface area contributed by atoms with E-state index in [-0.39, 0.29) is 35.9 Å². The molecule has 1 aromatic heterocycles. The first-order valence-electron chi connectivity index (χ1n) is 9.96. The third-order valence-corrected chi connectivity index (χ3v) is 6.91. The molecule has 9 heteroatoms. The molecular formula is C19H24F2N4O3. The molecule has 0 aromatic carbocycles. The molecule has 7 nitrogen and oxygen atoms in total. The van der Waals surface area contributed by atoms with Crippen molar-refractivity contribution in [1.29, 1.82) is 0 Å². The van der Waals surface area contributed by atoms with Crippen LogP contribution >= 0.6 is 0 Å².